The Bertz CT molecular complexity index is 606. The molecule has 0 amide bonds. The minimum atomic E-state index is -0.0297. The number of para-hydroxylation sites is 1. The Hall–Kier alpha value is -2.50. The standard InChI is InChI=1S/C14H17N3O3/c1-4-20-13-12(10(2)16-19-3)14(18)17(15-13)11-8-6-5-7-9-11/h5-9,18H,4H2,1-3H3. The van der Waals surface area contributed by atoms with E-state index in [1.54, 1.807) is 6.92 Å². The van der Waals surface area contributed by atoms with Crippen LogP contribution >= 0.6 is 0 Å². The number of aromatic nitrogens is 2. The predicted octanol–water partition coefficient (Wildman–Crippen LogP) is 2.35. The average molecular weight is 275 g/mol. The molecular weight excluding hydrogens is 258 g/mol. The topological polar surface area (TPSA) is 68.9 Å². The minimum absolute atomic E-state index is 0.0297. The maximum Gasteiger partial charge on any atom is 0.246 e. The Morgan fingerprint density at radius 3 is 2.65 bits per heavy atom. The van der Waals surface area contributed by atoms with Crippen molar-refractivity contribution in [2.75, 3.05) is 13.7 Å². The highest BCUT2D eigenvalue weighted by atomic mass is 16.6. The van der Waals surface area contributed by atoms with E-state index in [0.717, 1.165) is 5.69 Å². The van der Waals surface area contributed by atoms with Crippen molar-refractivity contribution >= 4 is 5.71 Å². The summed E-state index contributed by atoms with van der Waals surface area (Å²) in [5.74, 6) is 0.296. The van der Waals surface area contributed by atoms with E-state index in [0.29, 0.717) is 23.8 Å². The van der Waals surface area contributed by atoms with Crippen molar-refractivity contribution < 1.29 is 14.7 Å². The number of benzene rings is 1. The summed E-state index contributed by atoms with van der Waals surface area (Å²) in [5, 5.41) is 18.5. The van der Waals surface area contributed by atoms with Gasteiger partial charge < -0.3 is 14.7 Å². The maximum absolute atomic E-state index is 10.4. The van der Waals surface area contributed by atoms with Crippen LogP contribution in [0.5, 0.6) is 11.8 Å². The smallest absolute Gasteiger partial charge is 0.246 e. The van der Waals surface area contributed by atoms with Gasteiger partial charge >= 0.3 is 0 Å². The van der Waals surface area contributed by atoms with E-state index in [1.165, 1.54) is 11.8 Å². The number of rotatable bonds is 5. The molecule has 0 fully saturated rings. The number of oxime groups is 1. The molecule has 2 aromatic rings. The second-order valence-electron chi connectivity index (χ2n) is 4.04. The third kappa shape index (κ3) is 2.59. The molecular formula is C14H17N3O3. The Balaban J connectivity index is 2.56. The average Bonchev–Trinajstić information content (AvgIpc) is 2.77. The fraction of sp³-hybridized carbons (Fsp3) is 0.286. The summed E-state index contributed by atoms with van der Waals surface area (Å²) in [6, 6.07) is 9.31. The summed E-state index contributed by atoms with van der Waals surface area (Å²) < 4.78 is 6.87. The van der Waals surface area contributed by atoms with Gasteiger partial charge in [0.15, 0.2) is 0 Å². The molecule has 106 valence electrons. The molecule has 0 saturated heterocycles. The van der Waals surface area contributed by atoms with E-state index < -0.39 is 0 Å². The van der Waals surface area contributed by atoms with Gasteiger partial charge in [-0.1, -0.05) is 23.4 Å². The van der Waals surface area contributed by atoms with Gasteiger partial charge in [-0.15, -0.1) is 5.10 Å². The van der Waals surface area contributed by atoms with E-state index in [2.05, 4.69) is 10.3 Å². The molecule has 0 aliphatic carbocycles. The lowest BCUT2D eigenvalue weighted by atomic mass is 10.2. The van der Waals surface area contributed by atoms with Crippen molar-refractivity contribution in [2.24, 2.45) is 5.16 Å². The second kappa shape index (κ2) is 6.10. The van der Waals surface area contributed by atoms with E-state index in [1.807, 2.05) is 37.3 Å². The fourth-order valence-corrected chi connectivity index (χ4v) is 1.88. The second-order valence-corrected chi connectivity index (χ2v) is 4.04. The van der Waals surface area contributed by atoms with Gasteiger partial charge in [-0.3, -0.25) is 0 Å². The Labute approximate surface area is 117 Å². The van der Waals surface area contributed by atoms with Crippen LogP contribution < -0.4 is 4.74 Å². The van der Waals surface area contributed by atoms with Crippen molar-refractivity contribution in [3.63, 3.8) is 0 Å². The summed E-state index contributed by atoms with van der Waals surface area (Å²) >= 11 is 0. The zero-order chi connectivity index (χ0) is 14.5. The van der Waals surface area contributed by atoms with Gasteiger partial charge in [0.2, 0.25) is 11.8 Å². The van der Waals surface area contributed by atoms with Crippen molar-refractivity contribution in [2.45, 2.75) is 13.8 Å². The SMILES string of the molecule is CCOc1nn(-c2ccccc2)c(O)c1C(C)=NOC. The lowest BCUT2D eigenvalue weighted by Gasteiger charge is -2.02. The molecule has 0 spiro atoms. The van der Waals surface area contributed by atoms with Gasteiger partial charge in [-0.05, 0) is 26.0 Å². The van der Waals surface area contributed by atoms with Crippen LogP contribution in [0.25, 0.3) is 5.69 Å². The van der Waals surface area contributed by atoms with Crippen molar-refractivity contribution in [3.8, 4) is 17.4 Å². The first-order valence-corrected chi connectivity index (χ1v) is 6.27. The maximum atomic E-state index is 10.4. The van der Waals surface area contributed by atoms with E-state index in [-0.39, 0.29) is 5.88 Å². The first-order valence-electron chi connectivity index (χ1n) is 6.27. The monoisotopic (exact) mass is 275 g/mol. The molecule has 0 aliphatic rings. The highest BCUT2D eigenvalue weighted by Gasteiger charge is 2.22. The van der Waals surface area contributed by atoms with Crippen molar-refractivity contribution in [1.29, 1.82) is 0 Å². The highest BCUT2D eigenvalue weighted by Crippen LogP contribution is 2.30. The molecule has 0 aliphatic heterocycles. The molecule has 1 heterocycles. The van der Waals surface area contributed by atoms with Gasteiger partial charge in [0.05, 0.1) is 18.0 Å². The first-order chi connectivity index (χ1) is 9.69. The van der Waals surface area contributed by atoms with Crippen LogP contribution in [0.15, 0.2) is 35.5 Å². The summed E-state index contributed by atoms with van der Waals surface area (Å²) in [5.41, 5.74) is 1.66. The van der Waals surface area contributed by atoms with Gasteiger partial charge in [0, 0.05) is 0 Å². The number of ether oxygens (including phenoxy) is 1. The van der Waals surface area contributed by atoms with Crippen LogP contribution in [0, 0.1) is 0 Å². The summed E-state index contributed by atoms with van der Waals surface area (Å²) in [4.78, 5) is 4.75. The number of hydrogen-bond acceptors (Lipinski definition) is 5. The molecule has 1 N–H and O–H groups in total. The molecule has 2 rings (SSSR count). The van der Waals surface area contributed by atoms with E-state index in [4.69, 9.17) is 9.57 Å². The van der Waals surface area contributed by atoms with Gasteiger partial charge in [0.1, 0.15) is 12.7 Å². The molecule has 6 heteroatoms. The number of nitrogens with zero attached hydrogens (tertiary/aromatic N) is 3. The lowest BCUT2D eigenvalue weighted by molar-refractivity contribution is 0.213. The predicted molar refractivity (Wildman–Crippen MR) is 75.6 cm³/mol. The summed E-state index contributed by atoms with van der Waals surface area (Å²) in [6.45, 7) is 4.02. The molecule has 0 radical (unpaired) electrons. The Kier molecular flexibility index (Phi) is 4.24. The molecule has 1 aromatic carbocycles. The third-order valence-corrected chi connectivity index (χ3v) is 2.70. The highest BCUT2D eigenvalue weighted by molar-refractivity contribution is 6.02. The van der Waals surface area contributed by atoms with Crippen molar-refractivity contribution in [3.05, 3.63) is 35.9 Å². The van der Waals surface area contributed by atoms with Crippen LogP contribution in [0.2, 0.25) is 0 Å². The summed E-state index contributed by atoms with van der Waals surface area (Å²) in [6.07, 6.45) is 0. The van der Waals surface area contributed by atoms with E-state index in [9.17, 15) is 5.11 Å². The Morgan fingerprint density at radius 1 is 1.35 bits per heavy atom. The first kappa shape index (κ1) is 13.9. The molecule has 0 bridgehead atoms. The molecule has 20 heavy (non-hydrogen) atoms. The number of hydrogen-bond donors (Lipinski definition) is 1. The lowest BCUT2D eigenvalue weighted by Crippen LogP contribution is -2.00. The fourth-order valence-electron chi connectivity index (χ4n) is 1.88. The molecule has 0 atom stereocenters. The normalized spacial score (nSPS) is 11.4. The largest absolute Gasteiger partial charge is 0.493 e. The minimum Gasteiger partial charge on any atom is -0.493 e. The Morgan fingerprint density at radius 2 is 2.05 bits per heavy atom. The van der Waals surface area contributed by atoms with Crippen LogP contribution in [0.4, 0.5) is 0 Å². The van der Waals surface area contributed by atoms with Gasteiger partial charge in [-0.25, -0.2) is 0 Å². The van der Waals surface area contributed by atoms with Crippen molar-refractivity contribution in [1.82, 2.24) is 9.78 Å². The third-order valence-electron chi connectivity index (χ3n) is 2.70. The number of aromatic hydroxyl groups is 1. The van der Waals surface area contributed by atoms with E-state index >= 15 is 0 Å². The van der Waals surface area contributed by atoms with Crippen LogP contribution in [0.1, 0.15) is 19.4 Å². The molecule has 0 saturated carbocycles. The molecule has 1 aromatic heterocycles. The van der Waals surface area contributed by atoms with Gasteiger partial charge in [-0.2, -0.15) is 4.68 Å². The zero-order valence-corrected chi connectivity index (χ0v) is 11.7. The van der Waals surface area contributed by atoms with Crippen LogP contribution in [-0.2, 0) is 4.84 Å². The van der Waals surface area contributed by atoms with Gasteiger partial charge in [0.25, 0.3) is 0 Å². The zero-order valence-electron chi connectivity index (χ0n) is 11.7. The summed E-state index contributed by atoms with van der Waals surface area (Å²) in [7, 11) is 1.45. The molecule has 6 nitrogen and oxygen atoms in total. The quantitative estimate of drug-likeness (QED) is 0.671. The van der Waals surface area contributed by atoms with Crippen LogP contribution in [-0.4, -0.2) is 34.3 Å². The van der Waals surface area contributed by atoms with Crippen LogP contribution in [0.3, 0.4) is 0 Å². The molecule has 0 unspecified atom stereocenters.